The largest absolute Gasteiger partial charge is 0.311 e. The molecule has 1 aromatic carbocycles. The first-order valence-electron chi connectivity index (χ1n) is 7.34. The summed E-state index contributed by atoms with van der Waals surface area (Å²) in [7, 11) is 4.30. The van der Waals surface area contributed by atoms with Gasteiger partial charge in [-0.2, -0.15) is 0 Å². The number of nitrogens with zero attached hydrogens (tertiary/aromatic N) is 2. The zero-order valence-corrected chi connectivity index (χ0v) is 12.5. The zero-order valence-electron chi connectivity index (χ0n) is 12.5. The predicted molar refractivity (Wildman–Crippen MR) is 81.4 cm³/mol. The highest BCUT2D eigenvalue weighted by Gasteiger charge is 2.22. The van der Waals surface area contributed by atoms with Crippen LogP contribution in [0.5, 0.6) is 0 Å². The van der Waals surface area contributed by atoms with Crippen LogP contribution in [-0.2, 0) is 0 Å². The second kappa shape index (κ2) is 7.04. The Bertz CT molecular complexity index is 364. The Balaban J connectivity index is 2.01. The van der Waals surface area contributed by atoms with Crippen molar-refractivity contribution in [3.63, 3.8) is 0 Å². The molecule has 2 unspecified atom stereocenters. The molecule has 0 radical (unpaired) electrons. The number of nitrogens with one attached hydrogen (secondary N) is 1. The maximum atomic E-state index is 3.67. The maximum absolute atomic E-state index is 3.67. The van der Waals surface area contributed by atoms with E-state index in [1.165, 1.54) is 18.5 Å². The molecule has 2 rings (SSSR count). The van der Waals surface area contributed by atoms with Gasteiger partial charge in [0, 0.05) is 31.7 Å². The van der Waals surface area contributed by atoms with Crippen LogP contribution in [0.3, 0.4) is 0 Å². The van der Waals surface area contributed by atoms with E-state index in [1.807, 2.05) is 0 Å². The Hall–Kier alpha value is -0.900. The van der Waals surface area contributed by atoms with Crippen LogP contribution in [0.15, 0.2) is 30.3 Å². The van der Waals surface area contributed by atoms with Crippen molar-refractivity contribution in [2.75, 3.05) is 40.3 Å². The molecule has 0 amide bonds. The average Bonchev–Trinajstić information content (AvgIpc) is 2.64. The molecule has 0 aliphatic carbocycles. The third kappa shape index (κ3) is 4.30. The molecule has 1 fully saturated rings. The molecule has 3 heteroatoms. The highest BCUT2D eigenvalue weighted by atomic mass is 15.2. The predicted octanol–water partition coefficient (Wildman–Crippen LogP) is 1.97. The number of benzene rings is 1. The van der Waals surface area contributed by atoms with Crippen molar-refractivity contribution in [2.24, 2.45) is 0 Å². The van der Waals surface area contributed by atoms with Gasteiger partial charge in [0.05, 0.1) is 0 Å². The summed E-state index contributed by atoms with van der Waals surface area (Å²) in [5.74, 6) is 0. The highest BCUT2D eigenvalue weighted by molar-refractivity contribution is 5.18. The number of hydrogen-bond acceptors (Lipinski definition) is 3. The van der Waals surface area contributed by atoms with Gasteiger partial charge in [-0.25, -0.2) is 0 Å². The lowest BCUT2D eigenvalue weighted by atomic mass is 10.1. The van der Waals surface area contributed by atoms with Crippen LogP contribution >= 0.6 is 0 Å². The summed E-state index contributed by atoms with van der Waals surface area (Å²) >= 11 is 0. The van der Waals surface area contributed by atoms with Gasteiger partial charge in [-0.1, -0.05) is 30.3 Å². The third-order valence-electron chi connectivity index (χ3n) is 3.93. The third-order valence-corrected chi connectivity index (χ3v) is 3.93. The van der Waals surface area contributed by atoms with Gasteiger partial charge in [0.2, 0.25) is 0 Å². The fourth-order valence-electron chi connectivity index (χ4n) is 2.88. The van der Waals surface area contributed by atoms with Crippen molar-refractivity contribution in [3.05, 3.63) is 35.9 Å². The lowest BCUT2D eigenvalue weighted by Gasteiger charge is -2.31. The Morgan fingerprint density at radius 3 is 2.74 bits per heavy atom. The van der Waals surface area contributed by atoms with Gasteiger partial charge in [0.1, 0.15) is 0 Å². The van der Waals surface area contributed by atoms with E-state index in [9.17, 15) is 0 Å². The standard InChI is InChI=1S/C16H27N3/c1-14(15-8-5-4-6-9-15)19-11-7-10-17-16(13-19)12-18(2)3/h4-6,8-9,14,16-17H,7,10-13H2,1-3H3. The Labute approximate surface area is 117 Å². The van der Waals surface area contributed by atoms with E-state index >= 15 is 0 Å². The average molecular weight is 261 g/mol. The van der Waals surface area contributed by atoms with Crippen molar-refractivity contribution < 1.29 is 0 Å². The molecule has 0 spiro atoms. The van der Waals surface area contributed by atoms with Crippen LogP contribution in [0, 0.1) is 0 Å². The summed E-state index contributed by atoms with van der Waals surface area (Å²) < 4.78 is 0. The molecule has 106 valence electrons. The van der Waals surface area contributed by atoms with Crippen molar-refractivity contribution in [3.8, 4) is 0 Å². The maximum Gasteiger partial charge on any atom is 0.0322 e. The van der Waals surface area contributed by atoms with Crippen molar-refractivity contribution in [2.45, 2.75) is 25.4 Å². The smallest absolute Gasteiger partial charge is 0.0322 e. The molecule has 0 saturated carbocycles. The number of rotatable bonds is 4. The number of hydrogen-bond donors (Lipinski definition) is 1. The first-order valence-corrected chi connectivity index (χ1v) is 7.34. The van der Waals surface area contributed by atoms with Crippen molar-refractivity contribution in [1.82, 2.24) is 15.1 Å². The quantitative estimate of drug-likeness (QED) is 0.894. The fourth-order valence-corrected chi connectivity index (χ4v) is 2.88. The van der Waals surface area contributed by atoms with E-state index in [4.69, 9.17) is 0 Å². The zero-order chi connectivity index (χ0) is 13.7. The summed E-state index contributed by atoms with van der Waals surface area (Å²) in [4.78, 5) is 4.89. The highest BCUT2D eigenvalue weighted by Crippen LogP contribution is 2.21. The Morgan fingerprint density at radius 1 is 1.32 bits per heavy atom. The monoisotopic (exact) mass is 261 g/mol. The van der Waals surface area contributed by atoms with Crippen molar-refractivity contribution in [1.29, 1.82) is 0 Å². The topological polar surface area (TPSA) is 18.5 Å². The molecule has 1 saturated heterocycles. The van der Waals surface area contributed by atoms with Gasteiger partial charge in [-0.3, -0.25) is 4.90 Å². The van der Waals surface area contributed by atoms with Crippen LogP contribution in [0.1, 0.15) is 24.9 Å². The van der Waals surface area contributed by atoms with Gasteiger partial charge in [0.15, 0.2) is 0 Å². The summed E-state index contributed by atoms with van der Waals surface area (Å²) in [5, 5.41) is 3.67. The van der Waals surface area contributed by atoms with Gasteiger partial charge in [-0.05, 0) is 39.5 Å². The number of likely N-dealkylation sites (N-methyl/N-ethyl adjacent to an activating group) is 1. The molecule has 2 atom stereocenters. The van der Waals surface area contributed by atoms with Gasteiger partial charge in [0.25, 0.3) is 0 Å². The van der Waals surface area contributed by atoms with Crippen LogP contribution in [0.2, 0.25) is 0 Å². The molecular weight excluding hydrogens is 234 g/mol. The fraction of sp³-hybridized carbons (Fsp3) is 0.625. The summed E-state index contributed by atoms with van der Waals surface area (Å²) in [5.41, 5.74) is 1.42. The molecule has 0 aromatic heterocycles. The molecule has 0 bridgehead atoms. The minimum atomic E-state index is 0.505. The van der Waals surface area contributed by atoms with Gasteiger partial charge < -0.3 is 10.2 Å². The summed E-state index contributed by atoms with van der Waals surface area (Å²) in [6.07, 6.45) is 1.24. The normalized spacial score (nSPS) is 23.3. The van der Waals surface area contributed by atoms with E-state index in [0.29, 0.717) is 12.1 Å². The van der Waals surface area contributed by atoms with Crippen LogP contribution < -0.4 is 5.32 Å². The van der Waals surface area contributed by atoms with Gasteiger partial charge >= 0.3 is 0 Å². The van der Waals surface area contributed by atoms with E-state index in [-0.39, 0.29) is 0 Å². The molecule has 1 heterocycles. The summed E-state index contributed by atoms with van der Waals surface area (Å²) in [6.45, 7) is 6.89. The molecule has 3 nitrogen and oxygen atoms in total. The summed E-state index contributed by atoms with van der Waals surface area (Å²) in [6, 6.07) is 11.9. The van der Waals surface area contributed by atoms with Crippen LogP contribution in [0.4, 0.5) is 0 Å². The minimum absolute atomic E-state index is 0.505. The minimum Gasteiger partial charge on any atom is -0.311 e. The SMILES string of the molecule is CC(c1ccccc1)N1CCCNC(CN(C)C)C1. The molecule has 1 aliphatic rings. The lowest BCUT2D eigenvalue weighted by Crippen LogP contribution is -2.44. The second-order valence-corrected chi connectivity index (χ2v) is 5.85. The van der Waals surface area contributed by atoms with E-state index in [0.717, 1.165) is 19.6 Å². The van der Waals surface area contributed by atoms with Crippen LogP contribution in [-0.4, -0.2) is 56.1 Å². The Kier molecular flexibility index (Phi) is 5.37. The second-order valence-electron chi connectivity index (χ2n) is 5.85. The van der Waals surface area contributed by atoms with Gasteiger partial charge in [-0.15, -0.1) is 0 Å². The molecule has 1 aromatic rings. The molecule has 1 N–H and O–H groups in total. The van der Waals surface area contributed by atoms with Crippen LogP contribution in [0.25, 0.3) is 0 Å². The Morgan fingerprint density at radius 2 is 2.05 bits per heavy atom. The van der Waals surface area contributed by atoms with E-state index in [2.05, 4.69) is 66.5 Å². The van der Waals surface area contributed by atoms with E-state index in [1.54, 1.807) is 0 Å². The first kappa shape index (κ1) is 14.5. The van der Waals surface area contributed by atoms with E-state index < -0.39 is 0 Å². The molecule has 1 aliphatic heterocycles. The molecular formula is C16H27N3. The molecule has 19 heavy (non-hydrogen) atoms. The lowest BCUT2D eigenvalue weighted by molar-refractivity contribution is 0.194. The van der Waals surface area contributed by atoms with Crippen molar-refractivity contribution >= 4 is 0 Å². The first-order chi connectivity index (χ1) is 9.16.